The molecule has 21 heavy (non-hydrogen) atoms. The molecule has 1 unspecified atom stereocenters. The zero-order chi connectivity index (χ0) is 15.5. The minimum absolute atomic E-state index is 0.0790. The minimum Gasteiger partial charge on any atom is -0.476 e. The van der Waals surface area contributed by atoms with E-state index >= 15 is 0 Å². The first-order valence-electron chi connectivity index (χ1n) is 7.33. The van der Waals surface area contributed by atoms with Crippen LogP contribution in [0.25, 0.3) is 0 Å². The topological polar surface area (TPSA) is 79.3 Å². The van der Waals surface area contributed by atoms with Crippen molar-refractivity contribution in [1.29, 1.82) is 0 Å². The maximum Gasteiger partial charge on any atom is 0.355 e. The molecule has 1 saturated carbocycles. The van der Waals surface area contributed by atoms with Gasteiger partial charge in [-0.25, -0.2) is 9.78 Å². The number of carbonyl (C=O) groups excluding carboxylic acids is 1. The van der Waals surface area contributed by atoms with E-state index in [0.717, 1.165) is 24.3 Å². The van der Waals surface area contributed by atoms with E-state index in [1.54, 1.807) is 0 Å². The van der Waals surface area contributed by atoms with Crippen LogP contribution in [0.1, 0.15) is 55.0 Å². The molecule has 116 valence electrons. The summed E-state index contributed by atoms with van der Waals surface area (Å²) in [7, 11) is 0. The van der Waals surface area contributed by atoms with Gasteiger partial charge in [0.25, 0.3) is 0 Å². The SMILES string of the molecule is CC1(C)CCCC(C(=O)NCCc2nc(C(=O)O)cs2)C1. The van der Waals surface area contributed by atoms with Crippen molar-refractivity contribution < 1.29 is 14.7 Å². The fraction of sp³-hybridized carbons (Fsp3) is 0.667. The first kappa shape index (κ1) is 15.9. The Bertz CT molecular complexity index is 525. The number of carbonyl (C=O) groups is 2. The number of aromatic nitrogens is 1. The second kappa shape index (κ2) is 6.56. The van der Waals surface area contributed by atoms with Crippen molar-refractivity contribution in [2.75, 3.05) is 6.54 Å². The Morgan fingerprint density at radius 3 is 2.90 bits per heavy atom. The summed E-state index contributed by atoms with van der Waals surface area (Å²) in [6, 6.07) is 0. The van der Waals surface area contributed by atoms with Crippen molar-refractivity contribution in [1.82, 2.24) is 10.3 Å². The number of rotatable bonds is 5. The summed E-state index contributed by atoms with van der Waals surface area (Å²) in [5.41, 5.74) is 0.335. The van der Waals surface area contributed by atoms with Crippen molar-refractivity contribution in [3.05, 3.63) is 16.1 Å². The molecule has 1 aromatic rings. The van der Waals surface area contributed by atoms with E-state index in [-0.39, 0.29) is 22.9 Å². The standard InChI is InChI=1S/C15H22N2O3S/c1-15(2)6-3-4-10(8-15)13(18)16-7-5-12-17-11(9-21-12)14(19)20/h9-10H,3-8H2,1-2H3,(H,16,18)(H,19,20). The molecular formula is C15H22N2O3S. The third-order valence-corrected chi connectivity index (χ3v) is 4.89. The summed E-state index contributed by atoms with van der Waals surface area (Å²) >= 11 is 1.32. The Labute approximate surface area is 128 Å². The van der Waals surface area contributed by atoms with Crippen LogP contribution in [0.4, 0.5) is 0 Å². The van der Waals surface area contributed by atoms with Gasteiger partial charge in [-0.15, -0.1) is 11.3 Å². The first-order chi connectivity index (χ1) is 9.87. The van der Waals surface area contributed by atoms with Crippen molar-refractivity contribution in [3.63, 3.8) is 0 Å². The van der Waals surface area contributed by atoms with Gasteiger partial charge in [0.15, 0.2) is 5.69 Å². The molecular weight excluding hydrogens is 288 g/mol. The van der Waals surface area contributed by atoms with E-state index in [1.807, 2.05) is 0 Å². The number of amides is 1. The van der Waals surface area contributed by atoms with Crippen LogP contribution < -0.4 is 5.32 Å². The van der Waals surface area contributed by atoms with E-state index in [1.165, 1.54) is 23.1 Å². The molecule has 1 aliphatic rings. The lowest BCUT2D eigenvalue weighted by Crippen LogP contribution is -2.36. The number of aromatic carboxylic acids is 1. The van der Waals surface area contributed by atoms with Gasteiger partial charge in [-0.05, 0) is 24.7 Å². The Morgan fingerprint density at radius 2 is 2.29 bits per heavy atom. The van der Waals surface area contributed by atoms with Gasteiger partial charge in [0.1, 0.15) is 0 Å². The van der Waals surface area contributed by atoms with Gasteiger partial charge in [0.2, 0.25) is 5.91 Å². The van der Waals surface area contributed by atoms with Gasteiger partial charge < -0.3 is 10.4 Å². The number of hydrogen-bond donors (Lipinski definition) is 2. The molecule has 0 radical (unpaired) electrons. The normalized spacial score (nSPS) is 21.0. The molecule has 0 saturated heterocycles. The Hall–Kier alpha value is -1.43. The minimum atomic E-state index is -1.01. The summed E-state index contributed by atoms with van der Waals surface area (Å²) in [6.07, 6.45) is 4.79. The molecule has 2 rings (SSSR count). The fourth-order valence-corrected chi connectivity index (χ4v) is 3.66. The van der Waals surface area contributed by atoms with Gasteiger partial charge in [0.05, 0.1) is 5.01 Å². The molecule has 1 amide bonds. The van der Waals surface area contributed by atoms with Crippen LogP contribution in [0, 0.1) is 11.3 Å². The average molecular weight is 310 g/mol. The highest BCUT2D eigenvalue weighted by Gasteiger charge is 2.31. The quantitative estimate of drug-likeness (QED) is 0.876. The third-order valence-electron chi connectivity index (χ3n) is 3.98. The van der Waals surface area contributed by atoms with Crippen molar-refractivity contribution in [3.8, 4) is 0 Å². The van der Waals surface area contributed by atoms with Crippen LogP contribution in [0.3, 0.4) is 0 Å². The van der Waals surface area contributed by atoms with Crippen LogP contribution in [0.15, 0.2) is 5.38 Å². The summed E-state index contributed by atoms with van der Waals surface area (Å²) < 4.78 is 0. The Morgan fingerprint density at radius 1 is 1.52 bits per heavy atom. The van der Waals surface area contributed by atoms with E-state index in [4.69, 9.17) is 5.11 Å². The van der Waals surface area contributed by atoms with Gasteiger partial charge >= 0.3 is 5.97 Å². The molecule has 0 spiro atoms. The Balaban J connectivity index is 1.77. The number of carboxylic acid groups (broad SMARTS) is 1. The predicted octanol–water partition coefficient (Wildman–Crippen LogP) is 2.72. The highest BCUT2D eigenvalue weighted by atomic mass is 32.1. The highest BCUT2D eigenvalue weighted by molar-refractivity contribution is 7.09. The molecule has 1 heterocycles. The van der Waals surface area contributed by atoms with Crippen LogP contribution in [0.5, 0.6) is 0 Å². The van der Waals surface area contributed by atoms with Crippen LogP contribution in [-0.4, -0.2) is 28.5 Å². The smallest absolute Gasteiger partial charge is 0.355 e. The summed E-state index contributed by atoms with van der Waals surface area (Å²) in [5.74, 6) is -0.775. The van der Waals surface area contributed by atoms with Crippen LogP contribution in [-0.2, 0) is 11.2 Å². The molecule has 6 heteroatoms. The maximum absolute atomic E-state index is 12.2. The van der Waals surface area contributed by atoms with Crippen LogP contribution in [0.2, 0.25) is 0 Å². The number of nitrogens with zero attached hydrogens (tertiary/aromatic N) is 1. The van der Waals surface area contributed by atoms with Gasteiger partial charge in [-0.3, -0.25) is 4.79 Å². The zero-order valence-corrected chi connectivity index (χ0v) is 13.3. The summed E-state index contributed by atoms with van der Waals surface area (Å²) in [4.78, 5) is 26.9. The van der Waals surface area contributed by atoms with Gasteiger partial charge in [-0.1, -0.05) is 20.3 Å². The van der Waals surface area contributed by atoms with Gasteiger partial charge in [-0.2, -0.15) is 0 Å². The maximum atomic E-state index is 12.2. The molecule has 2 N–H and O–H groups in total. The highest BCUT2D eigenvalue weighted by Crippen LogP contribution is 2.38. The monoisotopic (exact) mass is 310 g/mol. The molecule has 1 atom stereocenters. The zero-order valence-electron chi connectivity index (χ0n) is 12.5. The molecule has 0 bridgehead atoms. The van der Waals surface area contributed by atoms with Crippen LogP contribution >= 0.6 is 11.3 Å². The van der Waals surface area contributed by atoms with Crippen molar-refractivity contribution in [2.24, 2.45) is 11.3 Å². The average Bonchev–Trinajstić information content (AvgIpc) is 2.86. The number of hydrogen-bond acceptors (Lipinski definition) is 4. The molecule has 1 aliphatic carbocycles. The second-order valence-electron chi connectivity index (χ2n) is 6.43. The van der Waals surface area contributed by atoms with Crippen molar-refractivity contribution in [2.45, 2.75) is 46.0 Å². The molecule has 0 aromatic carbocycles. The van der Waals surface area contributed by atoms with E-state index in [2.05, 4.69) is 24.1 Å². The number of carboxylic acids is 1. The van der Waals surface area contributed by atoms with E-state index < -0.39 is 5.97 Å². The summed E-state index contributed by atoms with van der Waals surface area (Å²) in [5, 5.41) is 14.0. The Kier molecular flexibility index (Phi) is 4.98. The molecule has 1 fully saturated rings. The predicted molar refractivity (Wildman–Crippen MR) is 81.5 cm³/mol. The molecule has 5 nitrogen and oxygen atoms in total. The lowest BCUT2D eigenvalue weighted by Gasteiger charge is -2.34. The number of thiazole rings is 1. The van der Waals surface area contributed by atoms with E-state index in [9.17, 15) is 9.59 Å². The largest absolute Gasteiger partial charge is 0.476 e. The third kappa shape index (κ3) is 4.52. The van der Waals surface area contributed by atoms with Crippen molar-refractivity contribution >= 4 is 23.2 Å². The van der Waals surface area contributed by atoms with E-state index in [0.29, 0.717) is 13.0 Å². The lowest BCUT2D eigenvalue weighted by molar-refractivity contribution is -0.127. The van der Waals surface area contributed by atoms with Gasteiger partial charge in [0, 0.05) is 24.3 Å². The lowest BCUT2D eigenvalue weighted by atomic mass is 9.72. The number of nitrogens with one attached hydrogen (secondary N) is 1. The fourth-order valence-electron chi connectivity index (χ4n) is 2.88. The first-order valence-corrected chi connectivity index (χ1v) is 8.21. The second-order valence-corrected chi connectivity index (χ2v) is 7.37. The summed E-state index contributed by atoms with van der Waals surface area (Å²) in [6.45, 7) is 4.95. The molecule has 0 aliphatic heterocycles. The molecule has 1 aromatic heterocycles.